The molecular weight excluding hydrogens is 268 g/mol. The van der Waals surface area contributed by atoms with Crippen LogP contribution in [0.3, 0.4) is 0 Å². The van der Waals surface area contributed by atoms with Crippen LogP contribution in [0.4, 0.5) is 0 Å². The molecule has 5 nitrogen and oxygen atoms in total. The molecule has 1 atom stereocenters. The molecule has 1 aromatic heterocycles. The fourth-order valence-corrected chi connectivity index (χ4v) is 3.05. The number of hydrogen-bond donors (Lipinski definition) is 1. The second kappa shape index (κ2) is 6.26. The van der Waals surface area contributed by atoms with Crippen LogP contribution in [-0.4, -0.2) is 33.5 Å². The highest BCUT2D eigenvalue weighted by Crippen LogP contribution is 2.24. The second-order valence-corrected chi connectivity index (χ2v) is 5.63. The van der Waals surface area contributed by atoms with E-state index in [1.54, 1.807) is 0 Å². The van der Waals surface area contributed by atoms with E-state index >= 15 is 0 Å². The van der Waals surface area contributed by atoms with E-state index in [1.165, 1.54) is 6.42 Å². The summed E-state index contributed by atoms with van der Waals surface area (Å²) in [6, 6.07) is 8.08. The first-order valence-corrected chi connectivity index (χ1v) is 7.52. The highest BCUT2D eigenvalue weighted by atomic mass is 16.4. The van der Waals surface area contributed by atoms with Gasteiger partial charge in [0.25, 0.3) is 0 Å². The van der Waals surface area contributed by atoms with E-state index in [-0.39, 0.29) is 6.42 Å². The Kier molecular flexibility index (Phi) is 4.20. The summed E-state index contributed by atoms with van der Waals surface area (Å²) in [6.45, 7) is 1.65. The molecule has 21 heavy (non-hydrogen) atoms. The number of fused-ring (bicyclic) bond motifs is 1. The van der Waals surface area contributed by atoms with Gasteiger partial charge in [-0.05, 0) is 37.9 Å². The minimum absolute atomic E-state index is 0.231. The van der Waals surface area contributed by atoms with Crippen LogP contribution in [0.2, 0.25) is 0 Å². The topological polar surface area (TPSA) is 66.6 Å². The van der Waals surface area contributed by atoms with Gasteiger partial charge < -0.3 is 9.52 Å². The van der Waals surface area contributed by atoms with Crippen molar-refractivity contribution in [2.24, 2.45) is 0 Å². The maximum absolute atomic E-state index is 10.8. The van der Waals surface area contributed by atoms with Crippen LogP contribution in [0.25, 0.3) is 11.1 Å². The van der Waals surface area contributed by atoms with Crippen LogP contribution < -0.4 is 0 Å². The number of aliphatic carboxylic acids is 1. The minimum Gasteiger partial charge on any atom is -0.481 e. The van der Waals surface area contributed by atoms with Gasteiger partial charge in [-0.2, -0.15) is 0 Å². The third-order valence-corrected chi connectivity index (χ3v) is 4.12. The zero-order chi connectivity index (χ0) is 14.7. The molecular formula is C16H20N2O3. The molecule has 0 saturated carbocycles. The summed E-state index contributed by atoms with van der Waals surface area (Å²) in [7, 11) is 0. The Hall–Kier alpha value is -1.88. The molecule has 1 aliphatic heterocycles. The maximum atomic E-state index is 10.8. The smallest absolute Gasteiger partial charge is 0.303 e. The van der Waals surface area contributed by atoms with Crippen molar-refractivity contribution in [1.29, 1.82) is 0 Å². The van der Waals surface area contributed by atoms with Crippen molar-refractivity contribution in [2.75, 3.05) is 6.54 Å². The molecule has 0 bridgehead atoms. The largest absolute Gasteiger partial charge is 0.481 e. The molecule has 1 saturated heterocycles. The van der Waals surface area contributed by atoms with Crippen molar-refractivity contribution in [1.82, 2.24) is 9.88 Å². The van der Waals surface area contributed by atoms with Crippen LogP contribution in [0.1, 0.15) is 38.0 Å². The maximum Gasteiger partial charge on any atom is 0.303 e. The molecule has 1 aliphatic rings. The van der Waals surface area contributed by atoms with Gasteiger partial charge in [0.1, 0.15) is 5.52 Å². The van der Waals surface area contributed by atoms with Crippen LogP contribution in [-0.2, 0) is 11.3 Å². The number of aromatic nitrogens is 1. The predicted octanol–water partition coefficient (Wildman–Crippen LogP) is 3.05. The third-order valence-electron chi connectivity index (χ3n) is 4.12. The summed E-state index contributed by atoms with van der Waals surface area (Å²) >= 11 is 0. The number of likely N-dealkylation sites (tertiary alicyclic amines) is 1. The number of hydrogen-bond acceptors (Lipinski definition) is 4. The lowest BCUT2D eigenvalue weighted by molar-refractivity contribution is -0.137. The molecule has 0 aliphatic carbocycles. The number of piperidine rings is 1. The van der Waals surface area contributed by atoms with Gasteiger partial charge in [-0.15, -0.1) is 0 Å². The van der Waals surface area contributed by atoms with Gasteiger partial charge >= 0.3 is 5.97 Å². The number of nitrogens with zero attached hydrogens (tertiary/aromatic N) is 2. The number of oxazole rings is 1. The number of para-hydroxylation sites is 2. The van der Waals surface area contributed by atoms with Gasteiger partial charge in [-0.1, -0.05) is 18.6 Å². The zero-order valence-electron chi connectivity index (χ0n) is 12.0. The van der Waals surface area contributed by atoms with Crippen LogP contribution in [0.5, 0.6) is 0 Å². The van der Waals surface area contributed by atoms with E-state index in [4.69, 9.17) is 9.52 Å². The van der Waals surface area contributed by atoms with Crippen LogP contribution in [0.15, 0.2) is 28.7 Å². The summed E-state index contributed by atoms with van der Waals surface area (Å²) in [5.74, 6) is 0.000751. The molecule has 2 aromatic rings. The van der Waals surface area contributed by atoms with E-state index in [2.05, 4.69) is 9.88 Å². The molecule has 0 radical (unpaired) electrons. The van der Waals surface area contributed by atoms with Crippen LogP contribution in [0, 0.1) is 0 Å². The standard InChI is InChI=1S/C16H20N2O3/c19-16(20)9-8-12-5-3-4-10-18(12)11-15-17-13-6-1-2-7-14(13)21-15/h1-2,6-7,12H,3-5,8-11H2,(H,19,20). The number of rotatable bonds is 5. The Morgan fingerprint density at radius 2 is 2.24 bits per heavy atom. The van der Waals surface area contributed by atoms with Gasteiger partial charge in [0.15, 0.2) is 5.58 Å². The Labute approximate surface area is 123 Å². The monoisotopic (exact) mass is 288 g/mol. The highest BCUT2D eigenvalue weighted by Gasteiger charge is 2.24. The number of carboxylic acids is 1. The van der Waals surface area contributed by atoms with Crippen molar-refractivity contribution < 1.29 is 14.3 Å². The molecule has 2 heterocycles. The molecule has 112 valence electrons. The average Bonchev–Trinajstić information content (AvgIpc) is 2.88. The Balaban J connectivity index is 1.69. The van der Waals surface area contributed by atoms with E-state index in [0.29, 0.717) is 19.0 Å². The SMILES string of the molecule is O=C(O)CCC1CCCCN1Cc1nc2ccccc2o1. The lowest BCUT2D eigenvalue weighted by Crippen LogP contribution is -2.39. The van der Waals surface area contributed by atoms with E-state index in [1.807, 2.05) is 24.3 Å². The Bertz CT molecular complexity index is 590. The average molecular weight is 288 g/mol. The zero-order valence-corrected chi connectivity index (χ0v) is 12.0. The van der Waals surface area contributed by atoms with Gasteiger partial charge in [0.05, 0.1) is 6.54 Å². The molecule has 1 N–H and O–H groups in total. The first kappa shape index (κ1) is 14.1. The quantitative estimate of drug-likeness (QED) is 0.916. The molecule has 3 rings (SSSR count). The van der Waals surface area contributed by atoms with Gasteiger partial charge in [-0.25, -0.2) is 4.98 Å². The van der Waals surface area contributed by atoms with E-state index in [0.717, 1.165) is 36.4 Å². The normalized spacial score (nSPS) is 19.9. The number of carbonyl (C=O) groups is 1. The van der Waals surface area contributed by atoms with Gasteiger partial charge in [0, 0.05) is 12.5 Å². The number of benzene rings is 1. The molecule has 1 aromatic carbocycles. The van der Waals surface area contributed by atoms with Crippen molar-refractivity contribution in [3.63, 3.8) is 0 Å². The molecule has 5 heteroatoms. The Morgan fingerprint density at radius 3 is 3.05 bits per heavy atom. The third kappa shape index (κ3) is 3.42. The fraction of sp³-hybridized carbons (Fsp3) is 0.500. The van der Waals surface area contributed by atoms with Gasteiger partial charge in [-0.3, -0.25) is 9.69 Å². The first-order chi connectivity index (χ1) is 10.2. The summed E-state index contributed by atoms with van der Waals surface area (Å²) in [5.41, 5.74) is 1.69. The molecule has 1 fully saturated rings. The summed E-state index contributed by atoms with van der Waals surface area (Å²) < 4.78 is 5.78. The van der Waals surface area contributed by atoms with Crippen molar-refractivity contribution in [3.8, 4) is 0 Å². The van der Waals surface area contributed by atoms with E-state index in [9.17, 15) is 4.79 Å². The predicted molar refractivity (Wildman–Crippen MR) is 78.9 cm³/mol. The molecule has 1 unspecified atom stereocenters. The molecule has 0 amide bonds. The van der Waals surface area contributed by atoms with E-state index < -0.39 is 5.97 Å². The van der Waals surface area contributed by atoms with Crippen molar-refractivity contribution in [2.45, 2.75) is 44.7 Å². The molecule has 0 spiro atoms. The van der Waals surface area contributed by atoms with Crippen molar-refractivity contribution in [3.05, 3.63) is 30.2 Å². The summed E-state index contributed by atoms with van der Waals surface area (Å²) in [6.07, 6.45) is 4.33. The summed E-state index contributed by atoms with van der Waals surface area (Å²) in [5, 5.41) is 8.87. The number of carboxylic acid groups (broad SMARTS) is 1. The Morgan fingerprint density at radius 1 is 1.38 bits per heavy atom. The first-order valence-electron chi connectivity index (χ1n) is 7.52. The van der Waals surface area contributed by atoms with Crippen molar-refractivity contribution >= 4 is 17.1 Å². The lowest BCUT2D eigenvalue weighted by Gasteiger charge is -2.34. The highest BCUT2D eigenvalue weighted by molar-refractivity contribution is 5.72. The fourth-order valence-electron chi connectivity index (χ4n) is 3.05. The van der Waals surface area contributed by atoms with Gasteiger partial charge in [0.2, 0.25) is 5.89 Å². The minimum atomic E-state index is -0.720. The lowest BCUT2D eigenvalue weighted by atomic mass is 9.98. The summed E-state index contributed by atoms with van der Waals surface area (Å²) in [4.78, 5) is 17.6. The van der Waals surface area contributed by atoms with Crippen LogP contribution >= 0.6 is 0 Å². The second-order valence-electron chi connectivity index (χ2n) is 5.63.